The Balaban J connectivity index is 0.00000199. The molecule has 0 aromatic rings. The second kappa shape index (κ2) is 25.9. The maximum atomic E-state index is 14.0. The number of nitrogens with one attached hydrogen (secondary N) is 3. The van der Waals surface area contributed by atoms with Crippen molar-refractivity contribution in [2.75, 3.05) is 31.3 Å². The Kier molecular flexibility index (Phi) is 22.5. The van der Waals surface area contributed by atoms with Crippen molar-refractivity contribution < 1.29 is 52.9 Å². The van der Waals surface area contributed by atoms with Gasteiger partial charge >= 0.3 is 11.9 Å². The average molecular weight is 1000 g/mol. The molecule has 0 aliphatic heterocycles. The van der Waals surface area contributed by atoms with Crippen LogP contribution in [0.5, 0.6) is 0 Å². The van der Waals surface area contributed by atoms with Gasteiger partial charge in [0.05, 0.1) is 12.2 Å². The number of thioether (sulfide) groups is 2. The fourth-order valence-electron chi connectivity index (χ4n) is 10.4. The first-order valence-electron chi connectivity index (χ1n) is 25.2. The molecule has 14 nitrogen and oxygen atoms in total. The van der Waals surface area contributed by atoms with Gasteiger partial charge in [-0.25, -0.2) is 0 Å². The van der Waals surface area contributed by atoms with Crippen LogP contribution in [0.25, 0.3) is 0 Å². The minimum atomic E-state index is -0.961. The molecule has 10 unspecified atom stereocenters. The number of ether oxygens (including phenoxy) is 2. The van der Waals surface area contributed by atoms with Gasteiger partial charge in [0, 0.05) is 64.1 Å². The molecule has 4 N–H and O–H groups in total. The standard InChI is InChI=1S/C48H73N3O10S2.C3H6O.C2H6/c1-44(2,3)27-61-46(7,8)19-18-39(55)50-33(25-62-37-15-16-38(37)63-26-34(43(58)59)51-45(4,5)6)42(57)49-23-40(56)60-24-36(54)32-14-13-31-30-12-11-28-21-29(52)17-20-47(28,9)41(30)35(53)22-48(31,32)10;1-2-3-4;1-2/h17,20-21,30-34,37-38,41,51H,11-16,18-19,22-27H2,1-10H3,(H,49,57)(H,50,55)(H,58,59);3H,2H2,1H3;1-2H3. The number of allylic oxidation sites excluding steroid dienone is 4. The summed E-state index contributed by atoms with van der Waals surface area (Å²) in [7, 11) is 0. The van der Waals surface area contributed by atoms with Crippen LogP contribution in [0.3, 0.4) is 0 Å². The number of esters is 1. The zero-order valence-electron chi connectivity index (χ0n) is 43.9. The van der Waals surface area contributed by atoms with Crippen molar-refractivity contribution in [3.05, 3.63) is 23.8 Å². The van der Waals surface area contributed by atoms with Gasteiger partial charge < -0.3 is 30.0 Å². The highest BCUT2D eigenvalue weighted by Crippen LogP contribution is 2.65. The average Bonchev–Trinajstić information content (AvgIpc) is 3.61. The van der Waals surface area contributed by atoms with E-state index in [2.05, 4.69) is 43.6 Å². The maximum Gasteiger partial charge on any atom is 0.325 e. The quantitative estimate of drug-likeness (QED) is 0.0637. The van der Waals surface area contributed by atoms with Gasteiger partial charge in [-0.1, -0.05) is 67.0 Å². The minimum absolute atomic E-state index is 0.0412. The second-order valence-corrected chi connectivity index (χ2v) is 25.1. The van der Waals surface area contributed by atoms with Crippen molar-refractivity contribution in [1.29, 1.82) is 0 Å². The Morgan fingerprint density at radius 3 is 2.07 bits per heavy atom. The Labute approximate surface area is 421 Å². The van der Waals surface area contributed by atoms with E-state index in [9.17, 15) is 43.5 Å². The van der Waals surface area contributed by atoms with Crippen LogP contribution in [0, 0.1) is 39.9 Å². The second-order valence-electron chi connectivity index (χ2n) is 22.5. The zero-order valence-corrected chi connectivity index (χ0v) is 45.5. The first kappa shape index (κ1) is 60.0. The fraction of sp³-hybridized carbons (Fsp3) is 0.774. The summed E-state index contributed by atoms with van der Waals surface area (Å²) in [6, 6.07) is -1.67. The van der Waals surface area contributed by atoms with Crippen molar-refractivity contribution in [2.45, 2.75) is 188 Å². The van der Waals surface area contributed by atoms with E-state index < -0.39 is 65.4 Å². The van der Waals surface area contributed by atoms with Crippen LogP contribution in [0.4, 0.5) is 0 Å². The number of carboxylic acid groups (broad SMARTS) is 1. The topological polar surface area (TPSA) is 211 Å². The predicted molar refractivity (Wildman–Crippen MR) is 274 cm³/mol. The lowest BCUT2D eigenvalue weighted by atomic mass is 9.47. The minimum Gasteiger partial charge on any atom is -0.480 e. The van der Waals surface area contributed by atoms with Crippen molar-refractivity contribution in [1.82, 2.24) is 16.0 Å². The Hall–Kier alpha value is -3.34. The summed E-state index contributed by atoms with van der Waals surface area (Å²) in [6.07, 6.45) is 12.2. The Morgan fingerprint density at radius 2 is 1.52 bits per heavy atom. The molecule has 69 heavy (non-hydrogen) atoms. The molecule has 0 heterocycles. The van der Waals surface area contributed by atoms with Gasteiger partial charge in [0.15, 0.2) is 11.6 Å². The van der Waals surface area contributed by atoms with Crippen LogP contribution in [0.2, 0.25) is 0 Å². The molecule has 5 rings (SSSR count). The number of carbonyl (C=O) groups excluding carboxylic acids is 7. The fourth-order valence-corrected chi connectivity index (χ4v) is 13.6. The van der Waals surface area contributed by atoms with E-state index in [-0.39, 0.29) is 81.1 Å². The molecular weight excluding hydrogens is 919 g/mol. The molecule has 4 fully saturated rings. The molecule has 0 aromatic carbocycles. The molecule has 390 valence electrons. The van der Waals surface area contributed by atoms with E-state index in [0.29, 0.717) is 31.6 Å². The number of ketones is 3. The van der Waals surface area contributed by atoms with Gasteiger partial charge in [0.1, 0.15) is 37.3 Å². The van der Waals surface area contributed by atoms with Crippen LogP contribution < -0.4 is 16.0 Å². The number of aliphatic carboxylic acids is 1. The number of aldehydes is 1. The highest BCUT2D eigenvalue weighted by Gasteiger charge is 2.62. The molecule has 0 bridgehead atoms. The summed E-state index contributed by atoms with van der Waals surface area (Å²) in [5.41, 5.74) is -1.01. The summed E-state index contributed by atoms with van der Waals surface area (Å²) in [5, 5.41) is 18.8. The third-order valence-corrected chi connectivity index (χ3v) is 17.3. The van der Waals surface area contributed by atoms with E-state index in [0.717, 1.165) is 44.0 Å². The first-order valence-corrected chi connectivity index (χ1v) is 27.3. The lowest BCUT2D eigenvalue weighted by molar-refractivity contribution is -0.153. The number of rotatable bonds is 21. The number of fused-ring (bicyclic) bond motifs is 5. The van der Waals surface area contributed by atoms with Crippen LogP contribution in [-0.2, 0) is 47.8 Å². The summed E-state index contributed by atoms with van der Waals surface area (Å²) >= 11 is 3.15. The Bertz CT molecular complexity index is 1900. The number of hydrogen-bond donors (Lipinski definition) is 4. The van der Waals surface area contributed by atoms with Gasteiger partial charge in [-0.2, -0.15) is 23.5 Å². The molecular formula is C53H85N3O11S2. The van der Waals surface area contributed by atoms with Crippen molar-refractivity contribution in [3.63, 3.8) is 0 Å². The highest BCUT2D eigenvalue weighted by atomic mass is 32.2. The van der Waals surface area contributed by atoms with Crippen molar-refractivity contribution in [3.8, 4) is 0 Å². The zero-order chi connectivity index (χ0) is 52.1. The van der Waals surface area contributed by atoms with Crippen molar-refractivity contribution in [2.24, 2.45) is 39.9 Å². The normalized spacial score (nSPS) is 28.0. The number of hydrogen-bond acceptors (Lipinski definition) is 13. The van der Waals surface area contributed by atoms with Crippen LogP contribution in [0.15, 0.2) is 23.8 Å². The molecule has 5 aliphatic rings. The maximum absolute atomic E-state index is 14.0. The Morgan fingerprint density at radius 1 is 0.913 bits per heavy atom. The van der Waals surface area contributed by atoms with E-state index in [1.807, 2.05) is 68.4 Å². The number of amides is 2. The molecule has 5 aliphatic carbocycles. The number of Topliss-reactive ketones (excluding diaryl/α,β-unsaturated/α-hetero) is 2. The largest absolute Gasteiger partial charge is 0.480 e. The van der Waals surface area contributed by atoms with Gasteiger partial charge in [0.2, 0.25) is 11.8 Å². The third-order valence-electron chi connectivity index (χ3n) is 14.1. The number of carbonyl (C=O) groups is 8. The lowest BCUT2D eigenvalue weighted by Crippen LogP contribution is -2.54. The van der Waals surface area contributed by atoms with E-state index >= 15 is 0 Å². The smallest absolute Gasteiger partial charge is 0.325 e. The predicted octanol–water partition coefficient (Wildman–Crippen LogP) is 7.88. The molecule has 16 heteroatoms. The van der Waals surface area contributed by atoms with Crippen LogP contribution in [-0.4, -0.2) is 117 Å². The van der Waals surface area contributed by atoms with Crippen LogP contribution >= 0.6 is 23.5 Å². The highest BCUT2D eigenvalue weighted by molar-refractivity contribution is 8.04. The molecule has 0 radical (unpaired) electrons. The van der Waals surface area contributed by atoms with Gasteiger partial charge in [-0.05, 0) is 114 Å². The van der Waals surface area contributed by atoms with Gasteiger partial charge in [-0.15, -0.1) is 0 Å². The number of carboxylic acids is 1. The van der Waals surface area contributed by atoms with Crippen LogP contribution in [0.1, 0.15) is 154 Å². The van der Waals surface area contributed by atoms with E-state index in [4.69, 9.17) is 9.47 Å². The van der Waals surface area contributed by atoms with Gasteiger partial charge in [0.25, 0.3) is 0 Å². The lowest BCUT2D eigenvalue weighted by Gasteiger charge is -2.55. The molecule has 2 amide bonds. The summed E-state index contributed by atoms with van der Waals surface area (Å²) in [5.74, 6) is -2.50. The summed E-state index contributed by atoms with van der Waals surface area (Å²) < 4.78 is 11.5. The van der Waals surface area contributed by atoms with Gasteiger partial charge in [-0.3, -0.25) is 38.9 Å². The molecule has 10 atom stereocenters. The third kappa shape index (κ3) is 17.2. The molecule has 0 spiro atoms. The first-order chi connectivity index (χ1) is 32.1. The summed E-state index contributed by atoms with van der Waals surface area (Å²) in [4.78, 5) is 101. The van der Waals surface area contributed by atoms with Crippen molar-refractivity contribution >= 4 is 70.9 Å². The molecule has 0 saturated heterocycles. The monoisotopic (exact) mass is 1000 g/mol. The SMILES string of the molecule is CC.CC(C)(C)COC(C)(C)CCC(=O)NC(CSC1CCC1SCC(NC(C)(C)C)C(=O)O)C(=O)NCC(=O)OCC(=O)C1CCC2C3CCC4=CC(=O)C=CC4(C)C3C(=O)CC12C.CCC=O. The summed E-state index contributed by atoms with van der Waals surface area (Å²) in [6.45, 7) is 25.4. The molecule has 4 saturated carbocycles. The molecule has 0 aromatic heterocycles. The van der Waals surface area contributed by atoms with E-state index in [1.54, 1.807) is 35.7 Å². The van der Waals surface area contributed by atoms with E-state index in [1.165, 1.54) is 0 Å².